The fraction of sp³-hybridized carbons (Fsp3) is 0.269. The van der Waals surface area contributed by atoms with E-state index in [1.807, 2.05) is 24.3 Å². The van der Waals surface area contributed by atoms with Gasteiger partial charge in [0.05, 0.1) is 18.5 Å². The van der Waals surface area contributed by atoms with Crippen molar-refractivity contribution in [2.24, 2.45) is 4.99 Å². The van der Waals surface area contributed by atoms with E-state index in [1.54, 1.807) is 7.11 Å². The van der Waals surface area contributed by atoms with Crippen molar-refractivity contribution in [1.82, 2.24) is 0 Å². The summed E-state index contributed by atoms with van der Waals surface area (Å²) in [5.74, 6) is -1.78. The van der Waals surface area contributed by atoms with Gasteiger partial charge in [-0.05, 0) is 67.6 Å². The summed E-state index contributed by atoms with van der Waals surface area (Å²) in [6.45, 7) is -0.414. The molecule has 6 nitrogen and oxygen atoms in total. The molecule has 3 aromatic rings. The number of thiophene rings is 1. The molecule has 0 unspecified atom stereocenters. The highest BCUT2D eigenvalue weighted by atomic mass is 32.1. The molecule has 0 spiro atoms. The van der Waals surface area contributed by atoms with E-state index in [-0.39, 0.29) is 24.7 Å². The number of carbonyl (C=O) groups is 2. The third-order valence-electron chi connectivity index (χ3n) is 6.18. The van der Waals surface area contributed by atoms with E-state index < -0.39 is 17.5 Å². The first kappa shape index (κ1) is 23.2. The lowest BCUT2D eigenvalue weighted by atomic mass is 9.91. The summed E-state index contributed by atoms with van der Waals surface area (Å²) in [5, 5.41) is 3.14. The number of aliphatic imine (C=N–C) groups is 1. The predicted octanol–water partition coefficient (Wildman–Crippen LogP) is 4.74. The van der Waals surface area contributed by atoms with Gasteiger partial charge in [-0.2, -0.15) is 0 Å². The SMILES string of the molecule is COc1ccc(C2=NCC(=O)N(CC(=O)Nc3ccc(F)cc3F)c3sc4c(c32)CCCC4)cc1. The maximum absolute atomic E-state index is 14.1. The zero-order valence-corrected chi connectivity index (χ0v) is 19.9. The van der Waals surface area contributed by atoms with Crippen molar-refractivity contribution in [3.63, 3.8) is 0 Å². The van der Waals surface area contributed by atoms with Crippen LogP contribution in [0.2, 0.25) is 0 Å². The number of benzene rings is 2. The smallest absolute Gasteiger partial charge is 0.249 e. The average molecular weight is 496 g/mol. The van der Waals surface area contributed by atoms with Crippen molar-refractivity contribution < 1.29 is 23.1 Å². The van der Waals surface area contributed by atoms with Gasteiger partial charge in [0.15, 0.2) is 0 Å². The fourth-order valence-electron chi connectivity index (χ4n) is 4.48. The van der Waals surface area contributed by atoms with Crippen LogP contribution >= 0.6 is 11.3 Å². The minimum Gasteiger partial charge on any atom is -0.497 e. The van der Waals surface area contributed by atoms with Crippen LogP contribution in [-0.4, -0.2) is 37.7 Å². The molecule has 9 heteroatoms. The first-order valence-electron chi connectivity index (χ1n) is 11.3. The number of fused-ring (bicyclic) bond motifs is 3. The second-order valence-corrected chi connectivity index (χ2v) is 9.52. The second kappa shape index (κ2) is 9.58. The number of hydrogen-bond acceptors (Lipinski definition) is 5. The molecule has 2 aromatic carbocycles. The molecule has 5 rings (SSSR count). The Bertz CT molecular complexity index is 1330. The van der Waals surface area contributed by atoms with Crippen molar-refractivity contribution in [3.8, 4) is 5.75 Å². The van der Waals surface area contributed by atoms with Gasteiger partial charge in [-0.25, -0.2) is 8.78 Å². The summed E-state index contributed by atoms with van der Waals surface area (Å²) < 4.78 is 32.6. The molecule has 180 valence electrons. The lowest BCUT2D eigenvalue weighted by molar-refractivity contribution is -0.120. The topological polar surface area (TPSA) is 71.0 Å². The molecule has 0 saturated carbocycles. The number of aryl methyl sites for hydroxylation is 1. The monoisotopic (exact) mass is 495 g/mol. The second-order valence-electron chi connectivity index (χ2n) is 8.44. The number of nitrogens with one attached hydrogen (secondary N) is 1. The van der Waals surface area contributed by atoms with Crippen LogP contribution in [0.3, 0.4) is 0 Å². The van der Waals surface area contributed by atoms with E-state index in [0.29, 0.717) is 11.1 Å². The Labute approximate surface area is 205 Å². The van der Waals surface area contributed by atoms with Gasteiger partial charge in [0.25, 0.3) is 0 Å². The van der Waals surface area contributed by atoms with Gasteiger partial charge in [0, 0.05) is 22.1 Å². The maximum Gasteiger partial charge on any atom is 0.249 e. The van der Waals surface area contributed by atoms with Crippen LogP contribution in [0.25, 0.3) is 0 Å². The summed E-state index contributed by atoms with van der Waals surface area (Å²) >= 11 is 1.52. The highest BCUT2D eigenvalue weighted by molar-refractivity contribution is 7.17. The van der Waals surface area contributed by atoms with Crippen LogP contribution in [0.4, 0.5) is 19.5 Å². The Balaban J connectivity index is 1.51. The lowest BCUT2D eigenvalue weighted by Crippen LogP contribution is -2.39. The highest BCUT2D eigenvalue weighted by Gasteiger charge is 2.33. The lowest BCUT2D eigenvalue weighted by Gasteiger charge is -2.20. The van der Waals surface area contributed by atoms with Crippen molar-refractivity contribution >= 4 is 39.6 Å². The van der Waals surface area contributed by atoms with E-state index in [2.05, 4.69) is 10.3 Å². The summed E-state index contributed by atoms with van der Waals surface area (Å²) in [4.78, 5) is 33.3. The van der Waals surface area contributed by atoms with Gasteiger partial charge in [-0.15, -0.1) is 11.3 Å². The van der Waals surface area contributed by atoms with Crippen molar-refractivity contribution in [1.29, 1.82) is 0 Å². The summed E-state index contributed by atoms with van der Waals surface area (Å²) in [6, 6.07) is 10.5. The van der Waals surface area contributed by atoms with Crippen molar-refractivity contribution in [2.75, 3.05) is 30.4 Å². The number of ether oxygens (including phenoxy) is 1. The largest absolute Gasteiger partial charge is 0.497 e. The molecule has 1 N–H and O–H groups in total. The van der Waals surface area contributed by atoms with Crippen molar-refractivity contribution in [2.45, 2.75) is 25.7 Å². The molecule has 0 saturated heterocycles. The molecule has 1 aromatic heterocycles. The third kappa shape index (κ3) is 4.55. The van der Waals surface area contributed by atoms with E-state index >= 15 is 0 Å². The Hall–Kier alpha value is -3.59. The zero-order chi connectivity index (χ0) is 24.5. The van der Waals surface area contributed by atoms with E-state index in [4.69, 9.17) is 4.74 Å². The van der Waals surface area contributed by atoms with Gasteiger partial charge in [0.1, 0.15) is 35.5 Å². The van der Waals surface area contributed by atoms with Crippen LogP contribution < -0.4 is 15.0 Å². The third-order valence-corrected chi connectivity index (χ3v) is 7.49. The predicted molar refractivity (Wildman–Crippen MR) is 132 cm³/mol. The van der Waals surface area contributed by atoms with Crippen LogP contribution in [0.1, 0.15) is 34.4 Å². The number of halogens is 2. The Morgan fingerprint density at radius 2 is 1.91 bits per heavy atom. The highest BCUT2D eigenvalue weighted by Crippen LogP contribution is 2.42. The first-order chi connectivity index (χ1) is 16.9. The maximum atomic E-state index is 14.1. The quantitative estimate of drug-likeness (QED) is 0.556. The molecule has 0 fully saturated rings. The normalized spacial score (nSPS) is 15.1. The molecule has 2 heterocycles. The number of hydrogen-bond donors (Lipinski definition) is 1. The molecule has 0 atom stereocenters. The summed E-state index contributed by atoms with van der Waals surface area (Å²) in [6.07, 6.45) is 3.91. The molecular formula is C26H23F2N3O3S. The fourth-order valence-corrected chi connectivity index (χ4v) is 5.88. The van der Waals surface area contributed by atoms with E-state index in [0.717, 1.165) is 60.4 Å². The van der Waals surface area contributed by atoms with Crippen LogP contribution in [0.5, 0.6) is 5.75 Å². The van der Waals surface area contributed by atoms with Crippen LogP contribution in [0.15, 0.2) is 47.5 Å². The van der Waals surface area contributed by atoms with Crippen LogP contribution in [-0.2, 0) is 22.4 Å². The average Bonchev–Trinajstić information content (AvgIpc) is 3.18. The summed E-state index contributed by atoms with van der Waals surface area (Å²) in [7, 11) is 1.60. The Kier molecular flexibility index (Phi) is 6.34. The number of anilines is 2. The molecule has 2 amide bonds. The van der Waals surface area contributed by atoms with Gasteiger partial charge >= 0.3 is 0 Å². The molecule has 2 aliphatic rings. The van der Waals surface area contributed by atoms with Crippen molar-refractivity contribution in [3.05, 3.63) is 75.7 Å². The number of amides is 2. The number of methoxy groups -OCH3 is 1. The van der Waals surface area contributed by atoms with Gasteiger partial charge < -0.3 is 10.1 Å². The van der Waals surface area contributed by atoms with Crippen LogP contribution in [0, 0.1) is 11.6 Å². The van der Waals surface area contributed by atoms with Gasteiger partial charge in [-0.1, -0.05) is 0 Å². The minimum atomic E-state index is -0.877. The van der Waals surface area contributed by atoms with Gasteiger partial charge in [0.2, 0.25) is 11.8 Å². The molecule has 1 aliphatic carbocycles. The first-order valence-corrected chi connectivity index (χ1v) is 12.2. The minimum absolute atomic E-state index is 0.115. The molecule has 0 bridgehead atoms. The van der Waals surface area contributed by atoms with E-state index in [1.165, 1.54) is 26.7 Å². The molecule has 35 heavy (non-hydrogen) atoms. The summed E-state index contributed by atoms with van der Waals surface area (Å²) in [5.41, 5.74) is 3.52. The Morgan fingerprint density at radius 1 is 1.14 bits per heavy atom. The Morgan fingerprint density at radius 3 is 2.66 bits per heavy atom. The van der Waals surface area contributed by atoms with E-state index in [9.17, 15) is 18.4 Å². The number of carbonyl (C=O) groups excluding carboxylic acids is 2. The molecule has 0 radical (unpaired) electrons. The van der Waals surface area contributed by atoms with Gasteiger partial charge in [-0.3, -0.25) is 19.5 Å². The number of nitrogens with zero attached hydrogens (tertiary/aromatic N) is 2. The molecule has 1 aliphatic heterocycles. The molecular weight excluding hydrogens is 472 g/mol. The standard InChI is InChI=1S/C26H23F2N3O3S/c1-34-17-9-6-15(7-10-17)25-24-18-4-2-3-5-21(18)35-26(24)31(23(33)13-29-25)14-22(32)30-20-11-8-16(27)12-19(20)28/h6-12H,2-5,13-14H2,1H3,(H,30,32). The zero-order valence-electron chi connectivity index (χ0n) is 19.1. The number of rotatable bonds is 5.